The maximum atomic E-state index is 4.24. The van der Waals surface area contributed by atoms with Gasteiger partial charge in [0.15, 0.2) is 0 Å². The second kappa shape index (κ2) is 5.76. The summed E-state index contributed by atoms with van der Waals surface area (Å²) in [4.78, 5) is 4.24. The lowest BCUT2D eigenvalue weighted by Crippen LogP contribution is -2.52. The lowest BCUT2D eigenvalue weighted by atomic mass is 9.59. The minimum atomic E-state index is 0.297. The molecule has 0 amide bonds. The Balaban J connectivity index is 1.87. The van der Waals surface area contributed by atoms with Gasteiger partial charge in [0.25, 0.3) is 0 Å². The molecule has 2 heteroatoms. The average Bonchev–Trinajstić information content (AvgIpc) is 2.47. The van der Waals surface area contributed by atoms with Crippen molar-refractivity contribution in [2.24, 2.45) is 0 Å². The van der Waals surface area contributed by atoms with Gasteiger partial charge in [0, 0.05) is 23.9 Å². The van der Waals surface area contributed by atoms with Crippen LogP contribution in [0.4, 0.5) is 0 Å². The summed E-state index contributed by atoms with van der Waals surface area (Å²) >= 11 is 0. The zero-order valence-corrected chi connectivity index (χ0v) is 12.0. The van der Waals surface area contributed by atoms with Crippen LogP contribution in [0.2, 0.25) is 0 Å². The third kappa shape index (κ3) is 2.36. The Hall–Kier alpha value is -1.67. The van der Waals surface area contributed by atoms with Crippen LogP contribution in [0, 0.1) is 0 Å². The lowest BCUT2D eigenvalue weighted by Gasteiger charge is -2.48. The third-order valence-corrected chi connectivity index (χ3v) is 4.77. The molecule has 0 radical (unpaired) electrons. The lowest BCUT2D eigenvalue weighted by molar-refractivity contribution is 0.174. The smallest absolute Gasteiger partial charge is 0.0300 e. The predicted octanol–water partition coefficient (Wildman–Crippen LogP) is 3.33. The highest BCUT2D eigenvalue weighted by Crippen LogP contribution is 2.47. The molecule has 0 bridgehead atoms. The number of pyridine rings is 1. The molecule has 1 saturated carbocycles. The molecule has 1 aliphatic carbocycles. The normalized spacial score (nSPS) is 18.2. The zero-order valence-electron chi connectivity index (χ0n) is 12.0. The van der Waals surface area contributed by atoms with E-state index in [1.165, 1.54) is 30.4 Å². The standard InChI is InChI=1S/C18H22N2/c1-19-17(13-15-7-5-12-20-14-15)18(10-6-11-18)16-8-3-2-4-9-16/h2-5,7-9,12,14,17,19H,6,10-11,13H2,1H3. The molecule has 1 aromatic heterocycles. The largest absolute Gasteiger partial charge is 0.316 e. The number of benzene rings is 1. The molecule has 2 nitrogen and oxygen atoms in total. The number of nitrogens with one attached hydrogen (secondary N) is 1. The molecular formula is C18H22N2. The van der Waals surface area contributed by atoms with Gasteiger partial charge in [-0.3, -0.25) is 4.98 Å². The van der Waals surface area contributed by atoms with Gasteiger partial charge in [-0.2, -0.15) is 0 Å². The van der Waals surface area contributed by atoms with Gasteiger partial charge in [-0.25, -0.2) is 0 Å². The quantitative estimate of drug-likeness (QED) is 0.898. The van der Waals surface area contributed by atoms with Gasteiger partial charge >= 0.3 is 0 Å². The van der Waals surface area contributed by atoms with Gasteiger partial charge in [-0.1, -0.05) is 42.8 Å². The fourth-order valence-corrected chi connectivity index (χ4v) is 3.49. The van der Waals surface area contributed by atoms with Crippen molar-refractivity contribution >= 4 is 0 Å². The Morgan fingerprint density at radius 3 is 2.50 bits per heavy atom. The van der Waals surface area contributed by atoms with E-state index in [9.17, 15) is 0 Å². The van der Waals surface area contributed by atoms with Crippen LogP contribution in [0.5, 0.6) is 0 Å². The predicted molar refractivity (Wildman–Crippen MR) is 82.8 cm³/mol. The van der Waals surface area contributed by atoms with E-state index >= 15 is 0 Å². The molecule has 2 aromatic rings. The summed E-state index contributed by atoms with van der Waals surface area (Å²) in [6.45, 7) is 0. The number of nitrogens with zero attached hydrogens (tertiary/aromatic N) is 1. The summed E-state index contributed by atoms with van der Waals surface area (Å²) in [6, 6.07) is 15.7. The van der Waals surface area contributed by atoms with Crippen molar-refractivity contribution < 1.29 is 0 Å². The van der Waals surface area contributed by atoms with E-state index in [0.29, 0.717) is 11.5 Å². The first-order chi connectivity index (χ1) is 9.85. The Labute approximate surface area is 121 Å². The van der Waals surface area contributed by atoms with Gasteiger partial charge in [0.05, 0.1) is 0 Å². The first-order valence-corrected chi connectivity index (χ1v) is 7.47. The van der Waals surface area contributed by atoms with E-state index < -0.39 is 0 Å². The van der Waals surface area contributed by atoms with Crippen molar-refractivity contribution in [1.82, 2.24) is 10.3 Å². The Kier molecular flexibility index (Phi) is 3.83. The van der Waals surface area contributed by atoms with Gasteiger partial charge in [0.1, 0.15) is 0 Å². The Morgan fingerprint density at radius 1 is 1.15 bits per heavy atom. The molecule has 1 unspecified atom stereocenters. The summed E-state index contributed by atoms with van der Waals surface area (Å²) in [5.74, 6) is 0. The van der Waals surface area contributed by atoms with Gasteiger partial charge in [-0.05, 0) is 43.5 Å². The van der Waals surface area contributed by atoms with Gasteiger partial charge in [0.2, 0.25) is 0 Å². The third-order valence-electron chi connectivity index (χ3n) is 4.77. The molecule has 1 N–H and O–H groups in total. The molecule has 0 aliphatic heterocycles. The molecule has 0 saturated heterocycles. The van der Waals surface area contributed by atoms with Crippen molar-refractivity contribution in [2.75, 3.05) is 7.05 Å². The van der Waals surface area contributed by atoms with Crippen LogP contribution >= 0.6 is 0 Å². The second-order valence-electron chi connectivity index (χ2n) is 5.78. The summed E-state index contributed by atoms with van der Waals surface area (Å²) < 4.78 is 0. The summed E-state index contributed by atoms with van der Waals surface area (Å²) in [7, 11) is 2.09. The molecule has 104 valence electrons. The summed E-state index contributed by atoms with van der Waals surface area (Å²) in [5.41, 5.74) is 3.09. The Bertz CT molecular complexity index is 532. The fraction of sp³-hybridized carbons (Fsp3) is 0.389. The van der Waals surface area contributed by atoms with Crippen LogP contribution < -0.4 is 5.32 Å². The SMILES string of the molecule is CNC(Cc1cccnc1)C1(c2ccccc2)CCC1. The van der Waals surface area contributed by atoms with Crippen LogP contribution in [0.1, 0.15) is 30.4 Å². The van der Waals surface area contributed by atoms with E-state index in [0.717, 1.165) is 6.42 Å². The number of rotatable bonds is 5. The summed E-state index contributed by atoms with van der Waals surface area (Å²) in [6.07, 6.45) is 8.76. The van der Waals surface area contributed by atoms with E-state index in [1.807, 2.05) is 18.5 Å². The molecule has 1 atom stereocenters. The molecular weight excluding hydrogens is 244 g/mol. The highest BCUT2D eigenvalue weighted by molar-refractivity contribution is 5.31. The topological polar surface area (TPSA) is 24.9 Å². The number of hydrogen-bond donors (Lipinski definition) is 1. The van der Waals surface area contributed by atoms with Crippen LogP contribution in [-0.4, -0.2) is 18.1 Å². The molecule has 20 heavy (non-hydrogen) atoms. The minimum absolute atomic E-state index is 0.297. The highest BCUT2D eigenvalue weighted by atomic mass is 14.9. The van der Waals surface area contributed by atoms with Crippen LogP contribution in [-0.2, 0) is 11.8 Å². The maximum Gasteiger partial charge on any atom is 0.0300 e. The molecule has 1 aromatic carbocycles. The van der Waals surface area contributed by atoms with Crippen molar-refractivity contribution in [1.29, 1.82) is 0 Å². The molecule has 1 fully saturated rings. The number of hydrogen-bond acceptors (Lipinski definition) is 2. The highest BCUT2D eigenvalue weighted by Gasteiger charge is 2.44. The van der Waals surface area contributed by atoms with Crippen LogP contribution in [0.25, 0.3) is 0 Å². The fourth-order valence-electron chi connectivity index (χ4n) is 3.49. The van der Waals surface area contributed by atoms with Crippen molar-refractivity contribution in [2.45, 2.75) is 37.1 Å². The molecule has 3 rings (SSSR count). The van der Waals surface area contributed by atoms with Gasteiger partial charge < -0.3 is 5.32 Å². The molecule has 1 heterocycles. The molecule has 1 aliphatic rings. The van der Waals surface area contributed by atoms with Crippen LogP contribution in [0.3, 0.4) is 0 Å². The monoisotopic (exact) mass is 266 g/mol. The first-order valence-electron chi connectivity index (χ1n) is 7.47. The number of aromatic nitrogens is 1. The van der Waals surface area contributed by atoms with Crippen LogP contribution in [0.15, 0.2) is 54.9 Å². The maximum absolute atomic E-state index is 4.24. The van der Waals surface area contributed by atoms with Crippen molar-refractivity contribution in [3.05, 3.63) is 66.0 Å². The van der Waals surface area contributed by atoms with E-state index in [4.69, 9.17) is 0 Å². The van der Waals surface area contributed by atoms with Crippen molar-refractivity contribution in [3.8, 4) is 0 Å². The average molecular weight is 266 g/mol. The second-order valence-corrected chi connectivity index (χ2v) is 5.78. The number of likely N-dealkylation sites (N-methyl/N-ethyl adjacent to an activating group) is 1. The van der Waals surface area contributed by atoms with E-state index in [-0.39, 0.29) is 0 Å². The molecule has 0 spiro atoms. The van der Waals surface area contributed by atoms with E-state index in [1.54, 1.807) is 0 Å². The van der Waals surface area contributed by atoms with E-state index in [2.05, 4.69) is 53.7 Å². The van der Waals surface area contributed by atoms with Gasteiger partial charge in [-0.15, -0.1) is 0 Å². The first kappa shape index (κ1) is 13.3. The van der Waals surface area contributed by atoms with Crippen molar-refractivity contribution in [3.63, 3.8) is 0 Å². The summed E-state index contributed by atoms with van der Waals surface area (Å²) in [5, 5.41) is 3.56. The minimum Gasteiger partial charge on any atom is -0.316 e. The zero-order chi connectivity index (χ0) is 13.8. The Morgan fingerprint density at radius 2 is 1.95 bits per heavy atom.